The van der Waals surface area contributed by atoms with Crippen LogP contribution >= 0.6 is 0 Å². The minimum absolute atomic E-state index is 0.0729. The summed E-state index contributed by atoms with van der Waals surface area (Å²) in [4.78, 5) is 16.1. The van der Waals surface area contributed by atoms with E-state index in [1.54, 1.807) is 0 Å². The summed E-state index contributed by atoms with van der Waals surface area (Å²) in [6.07, 6.45) is 3.08. The molecule has 1 rings (SSSR count). The first-order chi connectivity index (χ1) is 9.97. The quantitative estimate of drug-likeness (QED) is 0.734. The van der Waals surface area contributed by atoms with E-state index >= 15 is 0 Å². The molecule has 1 saturated heterocycles. The van der Waals surface area contributed by atoms with Crippen molar-refractivity contribution in [1.82, 2.24) is 15.1 Å². The summed E-state index contributed by atoms with van der Waals surface area (Å²) in [5, 5.41) is 3.69. The number of carbonyl (C=O) groups is 1. The zero-order valence-electron chi connectivity index (χ0n) is 15.9. The van der Waals surface area contributed by atoms with E-state index in [1.807, 2.05) is 4.90 Å². The maximum atomic E-state index is 11.7. The third-order valence-electron chi connectivity index (χ3n) is 4.72. The Hall–Kier alpha value is -0.610. The Kier molecular flexibility index (Phi) is 6.46. The first kappa shape index (κ1) is 19.4. The lowest BCUT2D eigenvalue weighted by Crippen LogP contribution is -2.62. The van der Waals surface area contributed by atoms with E-state index in [9.17, 15) is 4.79 Å². The van der Waals surface area contributed by atoms with Crippen molar-refractivity contribution in [3.8, 4) is 0 Å². The van der Waals surface area contributed by atoms with Gasteiger partial charge in [-0.1, -0.05) is 0 Å². The van der Waals surface area contributed by atoms with Crippen LogP contribution in [0.1, 0.15) is 68.2 Å². The maximum absolute atomic E-state index is 11.7. The maximum Gasteiger partial charge on any atom is 0.210 e. The predicted octanol–water partition coefficient (Wildman–Crippen LogP) is 2.87. The molecule has 0 unspecified atom stereocenters. The molecule has 0 radical (unpaired) electrons. The number of amides is 1. The molecule has 0 aromatic heterocycles. The molecule has 0 aromatic carbocycles. The van der Waals surface area contributed by atoms with Gasteiger partial charge in [0.15, 0.2) is 0 Å². The minimum atomic E-state index is 0.0729. The van der Waals surface area contributed by atoms with Crippen molar-refractivity contribution < 1.29 is 4.79 Å². The van der Waals surface area contributed by atoms with Gasteiger partial charge in [0.05, 0.1) is 0 Å². The van der Waals surface area contributed by atoms with Crippen molar-refractivity contribution in [2.75, 3.05) is 13.1 Å². The van der Waals surface area contributed by atoms with Crippen molar-refractivity contribution in [2.24, 2.45) is 0 Å². The molecule has 1 amide bonds. The molecule has 0 saturated carbocycles. The van der Waals surface area contributed by atoms with Crippen LogP contribution in [0.4, 0.5) is 0 Å². The fourth-order valence-corrected chi connectivity index (χ4v) is 4.17. The summed E-state index contributed by atoms with van der Waals surface area (Å²) in [6.45, 7) is 19.6. The third-order valence-corrected chi connectivity index (χ3v) is 4.72. The van der Waals surface area contributed by atoms with Crippen molar-refractivity contribution in [3.05, 3.63) is 0 Å². The highest BCUT2D eigenvalue weighted by Gasteiger charge is 2.39. The topological polar surface area (TPSA) is 35.6 Å². The van der Waals surface area contributed by atoms with E-state index in [4.69, 9.17) is 0 Å². The predicted molar refractivity (Wildman–Crippen MR) is 94.1 cm³/mol. The Balaban J connectivity index is 2.73. The van der Waals surface area contributed by atoms with E-state index in [1.165, 1.54) is 0 Å². The van der Waals surface area contributed by atoms with Crippen molar-refractivity contribution >= 4 is 6.41 Å². The average molecular weight is 312 g/mol. The standard InChI is InChI=1S/C18H37N3O/c1-14(2)21(15(3)4)10-9-20(13-22)16-11-17(5,6)19-18(7,8)12-16/h13-16,19H,9-12H2,1-8H3. The van der Waals surface area contributed by atoms with Gasteiger partial charge in [0.25, 0.3) is 0 Å². The first-order valence-electron chi connectivity index (χ1n) is 8.73. The van der Waals surface area contributed by atoms with Gasteiger partial charge in [-0.05, 0) is 68.2 Å². The molecule has 0 aliphatic carbocycles. The molecule has 0 aromatic rings. The van der Waals surface area contributed by atoms with Crippen LogP contribution in [0.5, 0.6) is 0 Å². The largest absolute Gasteiger partial charge is 0.341 e. The fraction of sp³-hybridized carbons (Fsp3) is 0.944. The van der Waals surface area contributed by atoms with Crippen LogP contribution in [0, 0.1) is 0 Å². The molecule has 1 N–H and O–H groups in total. The van der Waals surface area contributed by atoms with Gasteiger partial charge in [0, 0.05) is 42.3 Å². The summed E-state index contributed by atoms with van der Waals surface area (Å²) in [5.41, 5.74) is 0.146. The van der Waals surface area contributed by atoms with Crippen molar-refractivity contribution in [3.63, 3.8) is 0 Å². The van der Waals surface area contributed by atoms with Gasteiger partial charge in [0.2, 0.25) is 6.41 Å². The molecule has 0 atom stereocenters. The fourth-order valence-electron chi connectivity index (χ4n) is 4.17. The van der Waals surface area contributed by atoms with E-state index in [2.05, 4.69) is 65.6 Å². The van der Waals surface area contributed by atoms with Crippen molar-refractivity contribution in [2.45, 2.75) is 97.4 Å². The van der Waals surface area contributed by atoms with Crippen LogP contribution in [-0.2, 0) is 4.79 Å². The summed E-state index contributed by atoms with van der Waals surface area (Å²) >= 11 is 0. The van der Waals surface area contributed by atoms with Crippen LogP contribution in [0.15, 0.2) is 0 Å². The number of hydrogen-bond donors (Lipinski definition) is 1. The number of hydrogen-bond acceptors (Lipinski definition) is 3. The van der Waals surface area contributed by atoms with E-state index in [-0.39, 0.29) is 11.1 Å². The van der Waals surface area contributed by atoms with Gasteiger partial charge in [0.1, 0.15) is 0 Å². The normalized spacial score (nSPS) is 21.6. The number of rotatable bonds is 7. The lowest BCUT2D eigenvalue weighted by atomic mass is 9.79. The molecule has 0 bridgehead atoms. The molecule has 1 heterocycles. The molecule has 4 nitrogen and oxygen atoms in total. The van der Waals surface area contributed by atoms with Crippen LogP contribution in [0.3, 0.4) is 0 Å². The third kappa shape index (κ3) is 5.54. The Morgan fingerprint density at radius 1 is 1.00 bits per heavy atom. The summed E-state index contributed by atoms with van der Waals surface area (Å²) in [6, 6.07) is 1.34. The van der Waals surface area contributed by atoms with Gasteiger partial charge in [-0.25, -0.2) is 0 Å². The Morgan fingerprint density at radius 3 is 1.82 bits per heavy atom. The van der Waals surface area contributed by atoms with Gasteiger partial charge >= 0.3 is 0 Å². The van der Waals surface area contributed by atoms with Gasteiger partial charge < -0.3 is 10.2 Å². The average Bonchev–Trinajstić information content (AvgIpc) is 2.29. The zero-order chi connectivity index (χ0) is 17.1. The van der Waals surface area contributed by atoms with Crippen LogP contribution in [0.2, 0.25) is 0 Å². The first-order valence-corrected chi connectivity index (χ1v) is 8.73. The molecule has 1 aliphatic rings. The summed E-state index contributed by atoms with van der Waals surface area (Å²) < 4.78 is 0. The number of piperidine rings is 1. The monoisotopic (exact) mass is 311 g/mol. The highest BCUT2D eigenvalue weighted by Crippen LogP contribution is 2.31. The molecule has 22 heavy (non-hydrogen) atoms. The molecule has 130 valence electrons. The van der Waals surface area contributed by atoms with Gasteiger partial charge in [-0.2, -0.15) is 0 Å². The molecule has 1 fully saturated rings. The van der Waals surface area contributed by atoms with E-state index < -0.39 is 0 Å². The Morgan fingerprint density at radius 2 is 1.45 bits per heavy atom. The van der Waals surface area contributed by atoms with Crippen molar-refractivity contribution in [1.29, 1.82) is 0 Å². The second-order valence-corrected chi connectivity index (χ2v) is 8.72. The van der Waals surface area contributed by atoms with Gasteiger partial charge in [-0.3, -0.25) is 9.69 Å². The molecular weight excluding hydrogens is 274 g/mol. The molecule has 1 aliphatic heterocycles. The minimum Gasteiger partial charge on any atom is -0.341 e. The molecular formula is C18H37N3O. The van der Waals surface area contributed by atoms with Gasteiger partial charge in [-0.15, -0.1) is 0 Å². The lowest BCUT2D eigenvalue weighted by Gasteiger charge is -2.49. The Bertz CT molecular complexity index is 339. The van der Waals surface area contributed by atoms with Crippen LogP contribution in [-0.4, -0.2) is 58.5 Å². The second kappa shape index (κ2) is 7.31. The zero-order valence-corrected chi connectivity index (χ0v) is 15.9. The lowest BCUT2D eigenvalue weighted by molar-refractivity contribution is -0.122. The van der Waals surface area contributed by atoms with Crippen LogP contribution < -0.4 is 5.32 Å². The number of nitrogens with zero attached hydrogens (tertiary/aromatic N) is 2. The second-order valence-electron chi connectivity index (χ2n) is 8.72. The molecule has 0 spiro atoms. The summed E-state index contributed by atoms with van der Waals surface area (Å²) in [5.74, 6) is 0. The highest BCUT2D eigenvalue weighted by atomic mass is 16.1. The van der Waals surface area contributed by atoms with E-state index in [0.717, 1.165) is 32.3 Å². The number of carbonyl (C=O) groups excluding carboxylic acids is 1. The number of nitrogens with one attached hydrogen (secondary N) is 1. The van der Waals surface area contributed by atoms with E-state index in [0.29, 0.717) is 18.1 Å². The molecule has 4 heteroatoms. The van der Waals surface area contributed by atoms with Crippen LogP contribution in [0.25, 0.3) is 0 Å². The summed E-state index contributed by atoms with van der Waals surface area (Å²) in [7, 11) is 0. The smallest absolute Gasteiger partial charge is 0.210 e. The SMILES string of the molecule is CC(C)N(CCN(C=O)C1CC(C)(C)NC(C)(C)C1)C(C)C. The Labute approximate surface area is 137 Å². The highest BCUT2D eigenvalue weighted by molar-refractivity contribution is 5.48.